The van der Waals surface area contributed by atoms with Crippen molar-refractivity contribution in [2.75, 3.05) is 6.79 Å². The molecule has 0 aliphatic carbocycles. The summed E-state index contributed by atoms with van der Waals surface area (Å²) < 4.78 is 10.6. The van der Waals surface area contributed by atoms with Gasteiger partial charge in [-0.15, -0.1) is 11.3 Å². The van der Waals surface area contributed by atoms with Gasteiger partial charge in [0.15, 0.2) is 11.5 Å². The monoisotopic (exact) mass is 261 g/mol. The van der Waals surface area contributed by atoms with Crippen molar-refractivity contribution >= 4 is 17.6 Å². The molecule has 2 aromatic rings. The Morgan fingerprint density at radius 2 is 2.22 bits per heavy atom. The van der Waals surface area contributed by atoms with Gasteiger partial charge in [-0.1, -0.05) is 0 Å². The summed E-state index contributed by atoms with van der Waals surface area (Å²) in [6, 6.07) is 5.79. The van der Waals surface area contributed by atoms with Gasteiger partial charge in [0.05, 0.1) is 10.7 Å². The van der Waals surface area contributed by atoms with Gasteiger partial charge in [0.2, 0.25) is 6.79 Å². The second-order valence-corrected chi connectivity index (χ2v) is 4.84. The van der Waals surface area contributed by atoms with Crippen molar-refractivity contribution < 1.29 is 14.3 Å². The highest BCUT2D eigenvalue weighted by molar-refractivity contribution is 7.09. The molecule has 3 rings (SSSR count). The van der Waals surface area contributed by atoms with Gasteiger partial charge in [-0.25, -0.2) is 4.98 Å². The first kappa shape index (κ1) is 11.2. The average Bonchev–Trinajstić information content (AvgIpc) is 3.04. The molecule has 0 fully saturated rings. The topological polar surface area (TPSA) is 48.4 Å². The number of hydrogen-bond donors (Lipinski definition) is 0. The Kier molecular flexibility index (Phi) is 2.98. The zero-order chi connectivity index (χ0) is 12.4. The smallest absolute Gasteiger partial charge is 0.231 e. The SMILES string of the molecule is O=CCCc1nc(-c2ccc3c(c2)OCO3)cs1. The molecule has 0 atom stereocenters. The van der Waals surface area contributed by atoms with Crippen LogP contribution in [0.3, 0.4) is 0 Å². The lowest BCUT2D eigenvalue weighted by Gasteiger charge is -1.99. The molecule has 1 aliphatic heterocycles. The molecule has 18 heavy (non-hydrogen) atoms. The van der Waals surface area contributed by atoms with Gasteiger partial charge in [-0.3, -0.25) is 0 Å². The Morgan fingerprint density at radius 1 is 1.33 bits per heavy atom. The van der Waals surface area contributed by atoms with E-state index in [0.29, 0.717) is 12.8 Å². The van der Waals surface area contributed by atoms with E-state index in [2.05, 4.69) is 4.98 Å². The Labute approximate surface area is 108 Å². The van der Waals surface area contributed by atoms with Gasteiger partial charge in [0.1, 0.15) is 6.29 Å². The van der Waals surface area contributed by atoms with Crippen molar-refractivity contribution in [1.82, 2.24) is 4.98 Å². The standard InChI is InChI=1S/C13H11NO3S/c15-5-1-2-13-14-10(7-18-13)9-3-4-11-12(6-9)17-8-16-11/h3-7H,1-2,8H2. The molecular formula is C13H11NO3S. The predicted octanol–water partition coefficient (Wildman–Crippen LogP) is 2.67. The quantitative estimate of drug-likeness (QED) is 0.794. The molecule has 0 radical (unpaired) electrons. The van der Waals surface area contributed by atoms with Crippen LogP contribution in [-0.2, 0) is 11.2 Å². The Hall–Kier alpha value is -1.88. The molecule has 5 heteroatoms. The minimum atomic E-state index is 0.278. The lowest BCUT2D eigenvalue weighted by atomic mass is 10.1. The third-order valence-corrected chi connectivity index (χ3v) is 3.60. The number of carbonyl (C=O) groups is 1. The maximum atomic E-state index is 10.3. The van der Waals surface area contributed by atoms with E-state index in [4.69, 9.17) is 9.47 Å². The Bertz CT molecular complexity index is 579. The fourth-order valence-electron chi connectivity index (χ4n) is 1.80. The summed E-state index contributed by atoms with van der Waals surface area (Å²) in [5.41, 5.74) is 1.92. The van der Waals surface area contributed by atoms with E-state index in [9.17, 15) is 4.79 Å². The molecule has 1 aliphatic rings. The fourth-order valence-corrected chi connectivity index (χ4v) is 2.62. The molecule has 0 amide bonds. The van der Waals surface area contributed by atoms with Crippen molar-refractivity contribution in [3.05, 3.63) is 28.6 Å². The van der Waals surface area contributed by atoms with Crippen LogP contribution in [0.2, 0.25) is 0 Å². The first-order chi connectivity index (χ1) is 8.86. The minimum absolute atomic E-state index is 0.278. The van der Waals surface area contributed by atoms with Crippen molar-refractivity contribution in [3.63, 3.8) is 0 Å². The van der Waals surface area contributed by atoms with Gasteiger partial charge >= 0.3 is 0 Å². The number of ether oxygens (including phenoxy) is 2. The van der Waals surface area contributed by atoms with Crippen LogP contribution in [0.4, 0.5) is 0 Å². The summed E-state index contributed by atoms with van der Waals surface area (Å²) in [6.07, 6.45) is 2.15. The van der Waals surface area contributed by atoms with Crippen molar-refractivity contribution in [1.29, 1.82) is 0 Å². The van der Waals surface area contributed by atoms with Gasteiger partial charge < -0.3 is 14.3 Å². The van der Waals surface area contributed by atoms with E-state index in [-0.39, 0.29) is 6.79 Å². The average molecular weight is 261 g/mol. The lowest BCUT2D eigenvalue weighted by molar-refractivity contribution is -0.107. The van der Waals surface area contributed by atoms with Crippen LogP contribution in [-0.4, -0.2) is 18.1 Å². The molecule has 2 heterocycles. The molecule has 1 aromatic carbocycles. The molecule has 0 spiro atoms. The minimum Gasteiger partial charge on any atom is -0.454 e. The normalized spacial score (nSPS) is 12.7. The van der Waals surface area contributed by atoms with Crippen molar-refractivity contribution in [2.24, 2.45) is 0 Å². The second-order valence-electron chi connectivity index (χ2n) is 3.90. The third-order valence-electron chi connectivity index (χ3n) is 2.70. The molecule has 0 unspecified atom stereocenters. The molecule has 92 valence electrons. The number of benzene rings is 1. The zero-order valence-corrected chi connectivity index (χ0v) is 10.4. The molecule has 0 bridgehead atoms. The van der Waals surface area contributed by atoms with Crippen LogP contribution < -0.4 is 9.47 Å². The van der Waals surface area contributed by atoms with Crippen LogP contribution in [0.25, 0.3) is 11.3 Å². The van der Waals surface area contributed by atoms with Crippen LogP contribution in [0.15, 0.2) is 23.6 Å². The molecule has 0 saturated heterocycles. The summed E-state index contributed by atoms with van der Waals surface area (Å²) in [7, 11) is 0. The van der Waals surface area contributed by atoms with Gasteiger partial charge in [-0.05, 0) is 18.2 Å². The van der Waals surface area contributed by atoms with E-state index in [0.717, 1.165) is 34.1 Å². The third kappa shape index (κ3) is 2.09. The summed E-state index contributed by atoms with van der Waals surface area (Å²) in [4.78, 5) is 14.8. The summed E-state index contributed by atoms with van der Waals surface area (Å²) in [5.74, 6) is 1.53. The van der Waals surface area contributed by atoms with E-state index in [1.54, 1.807) is 11.3 Å². The number of carbonyl (C=O) groups excluding carboxylic acids is 1. The Balaban J connectivity index is 1.85. The first-order valence-electron chi connectivity index (χ1n) is 5.65. The molecule has 1 aromatic heterocycles. The molecular weight excluding hydrogens is 250 g/mol. The molecule has 0 N–H and O–H groups in total. The van der Waals surface area contributed by atoms with Crippen LogP contribution >= 0.6 is 11.3 Å². The van der Waals surface area contributed by atoms with Crippen LogP contribution in [0.5, 0.6) is 11.5 Å². The highest BCUT2D eigenvalue weighted by Crippen LogP contribution is 2.36. The summed E-state index contributed by atoms with van der Waals surface area (Å²) >= 11 is 1.58. The summed E-state index contributed by atoms with van der Waals surface area (Å²) in [5, 5.41) is 2.98. The largest absolute Gasteiger partial charge is 0.454 e. The second kappa shape index (κ2) is 4.78. The maximum absolute atomic E-state index is 10.3. The van der Waals surface area contributed by atoms with E-state index < -0.39 is 0 Å². The number of thiazole rings is 1. The number of fused-ring (bicyclic) bond motifs is 1. The molecule has 4 nitrogen and oxygen atoms in total. The summed E-state index contributed by atoms with van der Waals surface area (Å²) in [6.45, 7) is 0.278. The van der Waals surface area contributed by atoms with Crippen LogP contribution in [0.1, 0.15) is 11.4 Å². The predicted molar refractivity (Wildman–Crippen MR) is 68.1 cm³/mol. The van der Waals surface area contributed by atoms with Gasteiger partial charge in [0, 0.05) is 23.8 Å². The van der Waals surface area contributed by atoms with E-state index in [1.807, 2.05) is 23.6 Å². The number of aldehydes is 1. The fraction of sp³-hybridized carbons (Fsp3) is 0.231. The lowest BCUT2D eigenvalue weighted by Crippen LogP contribution is -1.92. The number of hydrogen-bond acceptors (Lipinski definition) is 5. The van der Waals surface area contributed by atoms with Gasteiger partial charge in [0.25, 0.3) is 0 Å². The Morgan fingerprint density at radius 3 is 3.11 bits per heavy atom. The van der Waals surface area contributed by atoms with Crippen molar-refractivity contribution in [3.8, 4) is 22.8 Å². The highest BCUT2D eigenvalue weighted by Gasteiger charge is 2.14. The highest BCUT2D eigenvalue weighted by atomic mass is 32.1. The van der Waals surface area contributed by atoms with E-state index in [1.165, 1.54) is 0 Å². The zero-order valence-electron chi connectivity index (χ0n) is 9.59. The number of rotatable bonds is 4. The van der Waals surface area contributed by atoms with Gasteiger partial charge in [-0.2, -0.15) is 0 Å². The maximum Gasteiger partial charge on any atom is 0.231 e. The first-order valence-corrected chi connectivity index (χ1v) is 6.53. The number of nitrogens with zero attached hydrogens (tertiary/aromatic N) is 1. The van der Waals surface area contributed by atoms with Crippen LogP contribution in [0, 0.1) is 0 Å². The van der Waals surface area contributed by atoms with E-state index >= 15 is 0 Å². The van der Waals surface area contributed by atoms with Crippen molar-refractivity contribution in [2.45, 2.75) is 12.8 Å². The number of aryl methyl sites for hydroxylation is 1. The number of aromatic nitrogens is 1. The molecule has 0 saturated carbocycles.